The zero-order chi connectivity index (χ0) is 13.5. The molecule has 1 unspecified atom stereocenters. The Morgan fingerprint density at radius 2 is 1.94 bits per heavy atom. The Morgan fingerprint density at radius 3 is 2.50 bits per heavy atom. The lowest BCUT2D eigenvalue weighted by atomic mass is 10.1. The lowest BCUT2D eigenvalue weighted by molar-refractivity contribution is -0.118. The summed E-state index contributed by atoms with van der Waals surface area (Å²) in [4.78, 5) is 10.5. The van der Waals surface area contributed by atoms with Crippen LogP contribution in [0, 0.1) is 11.6 Å². The van der Waals surface area contributed by atoms with Crippen molar-refractivity contribution in [3.05, 3.63) is 35.4 Å². The molecule has 0 aliphatic carbocycles. The number of carbonyl (C=O) groups excluding carboxylic acids is 1. The Kier molecular flexibility index (Phi) is 5.71. The van der Waals surface area contributed by atoms with E-state index in [1.165, 1.54) is 18.2 Å². The molecule has 18 heavy (non-hydrogen) atoms. The summed E-state index contributed by atoms with van der Waals surface area (Å²) in [7, 11) is 0. The summed E-state index contributed by atoms with van der Waals surface area (Å²) in [5, 5.41) is 3.02. The third-order valence-corrected chi connectivity index (χ3v) is 2.73. The van der Waals surface area contributed by atoms with Gasteiger partial charge in [0.25, 0.3) is 0 Å². The number of nitrogens with two attached hydrogens (primary N) is 1. The SMILES string of the molecule is CC(NCCCCC(N)=O)c1c(F)cccc1F. The van der Waals surface area contributed by atoms with Crippen molar-refractivity contribution >= 4 is 5.91 Å². The Balaban J connectivity index is 2.41. The molecule has 3 nitrogen and oxygen atoms in total. The monoisotopic (exact) mass is 256 g/mol. The van der Waals surface area contributed by atoms with E-state index < -0.39 is 17.7 Å². The van der Waals surface area contributed by atoms with Crippen LogP contribution in [-0.2, 0) is 4.79 Å². The van der Waals surface area contributed by atoms with Crippen LogP contribution in [0.2, 0.25) is 0 Å². The van der Waals surface area contributed by atoms with Crippen molar-refractivity contribution in [2.75, 3.05) is 6.54 Å². The molecular formula is C13H18F2N2O. The molecule has 1 atom stereocenters. The minimum atomic E-state index is -0.549. The van der Waals surface area contributed by atoms with Gasteiger partial charge in [0.2, 0.25) is 5.91 Å². The number of hydrogen-bond donors (Lipinski definition) is 2. The van der Waals surface area contributed by atoms with Crippen LogP contribution in [0.3, 0.4) is 0 Å². The largest absolute Gasteiger partial charge is 0.370 e. The second kappa shape index (κ2) is 7.06. The van der Waals surface area contributed by atoms with Gasteiger partial charge in [-0.3, -0.25) is 4.79 Å². The highest BCUT2D eigenvalue weighted by Crippen LogP contribution is 2.20. The molecule has 0 spiro atoms. The van der Waals surface area contributed by atoms with Gasteiger partial charge in [-0.15, -0.1) is 0 Å². The first-order valence-corrected chi connectivity index (χ1v) is 5.98. The fourth-order valence-corrected chi connectivity index (χ4v) is 1.77. The fraction of sp³-hybridized carbons (Fsp3) is 0.462. The van der Waals surface area contributed by atoms with Gasteiger partial charge in [0.15, 0.2) is 0 Å². The Hall–Kier alpha value is -1.49. The topological polar surface area (TPSA) is 55.1 Å². The molecule has 0 aromatic heterocycles. The number of benzene rings is 1. The first-order valence-electron chi connectivity index (χ1n) is 5.98. The van der Waals surface area contributed by atoms with Gasteiger partial charge in [0, 0.05) is 18.0 Å². The first-order chi connectivity index (χ1) is 8.52. The van der Waals surface area contributed by atoms with Gasteiger partial charge in [-0.25, -0.2) is 8.78 Å². The Bertz CT molecular complexity index is 390. The van der Waals surface area contributed by atoms with Crippen LogP contribution in [0.25, 0.3) is 0 Å². The third kappa shape index (κ3) is 4.41. The van der Waals surface area contributed by atoms with Gasteiger partial charge < -0.3 is 11.1 Å². The molecule has 1 rings (SSSR count). The molecule has 5 heteroatoms. The van der Waals surface area contributed by atoms with Gasteiger partial charge in [0.1, 0.15) is 11.6 Å². The quantitative estimate of drug-likeness (QED) is 0.735. The highest BCUT2D eigenvalue weighted by molar-refractivity contribution is 5.73. The molecule has 1 aromatic carbocycles. The summed E-state index contributed by atoms with van der Waals surface area (Å²) in [5.41, 5.74) is 5.06. The number of hydrogen-bond acceptors (Lipinski definition) is 2. The van der Waals surface area contributed by atoms with E-state index in [9.17, 15) is 13.6 Å². The van der Waals surface area contributed by atoms with Crippen LogP contribution in [0.15, 0.2) is 18.2 Å². The number of carbonyl (C=O) groups is 1. The van der Waals surface area contributed by atoms with Crippen LogP contribution >= 0.6 is 0 Å². The lowest BCUT2D eigenvalue weighted by Crippen LogP contribution is -2.22. The number of rotatable bonds is 7. The molecule has 0 aliphatic rings. The Labute approximate surface area is 105 Å². The zero-order valence-electron chi connectivity index (χ0n) is 10.4. The molecule has 0 saturated carbocycles. The van der Waals surface area contributed by atoms with E-state index in [-0.39, 0.29) is 11.5 Å². The highest BCUT2D eigenvalue weighted by Gasteiger charge is 2.14. The Morgan fingerprint density at radius 1 is 1.33 bits per heavy atom. The minimum absolute atomic E-state index is 0.0485. The van der Waals surface area contributed by atoms with Crippen molar-refractivity contribution in [1.82, 2.24) is 5.32 Å². The molecule has 0 radical (unpaired) electrons. The minimum Gasteiger partial charge on any atom is -0.370 e. The fourth-order valence-electron chi connectivity index (χ4n) is 1.77. The molecule has 1 aromatic rings. The molecule has 100 valence electrons. The average molecular weight is 256 g/mol. The van der Waals surface area contributed by atoms with Crippen molar-refractivity contribution in [2.45, 2.75) is 32.2 Å². The summed E-state index contributed by atoms with van der Waals surface area (Å²) >= 11 is 0. The maximum absolute atomic E-state index is 13.4. The van der Waals surface area contributed by atoms with E-state index in [2.05, 4.69) is 5.32 Å². The van der Waals surface area contributed by atoms with Crippen LogP contribution in [0.5, 0.6) is 0 Å². The first kappa shape index (κ1) is 14.6. The maximum Gasteiger partial charge on any atom is 0.217 e. The molecular weight excluding hydrogens is 238 g/mol. The maximum atomic E-state index is 13.4. The number of amides is 1. The van der Waals surface area contributed by atoms with Crippen molar-refractivity contribution in [3.8, 4) is 0 Å². The smallest absolute Gasteiger partial charge is 0.217 e. The van der Waals surface area contributed by atoms with Crippen LogP contribution in [0.4, 0.5) is 8.78 Å². The zero-order valence-corrected chi connectivity index (χ0v) is 10.4. The number of halogens is 2. The molecule has 3 N–H and O–H groups in total. The van der Waals surface area contributed by atoms with E-state index in [1.807, 2.05) is 0 Å². The summed E-state index contributed by atoms with van der Waals surface area (Å²) in [6.07, 6.45) is 1.75. The predicted octanol–water partition coefficient (Wildman–Crippen LogP) is 2.27. The highest BCUT2D eigenvalue weighted by atomic mass is 19.1. The molecule has 0 aliphatic heterocycles. The van der Waals surface area contributed by atoms with Gasteiger partial charge in [-0.2, -0.15) is 0 Å². The number of unbranched alkanes of at least 4 members (excludes halogenated alkanes) is 1. The lowest BCUT2D eigenvalue weighted by Gasteiger charge is -2.15. The molecule has 0 heterocycles. The van der Waals surface area contributed by atoms with E-state index in [0.29, 0.717) is 19.4 Å². The van der Waals surface area contributed by atoms with Crippen molar-refractivity contribution < 1.29 is 13.6 Å². The van der Waals surface area contributed by atoms with Gasteiger partial charge in [0.05, 0.1) is 0 Å². The molecule has 0 fully saturated rings. The molecule has 0 saturated heterocycles. The second-order valence-corrected chi connectivity index (χ2v) is 4.23. The van der Waals surface area contributed by atoms with Gasteiger partial charge in [-0.1, -0.05) is 6.07 Å². The van der Waals surface area contributed by atoms with Crippen LogP contribution in [0.1, 0.15) is 37.8 Å². The third-order valence-electron chi connectivity index (χ3n) is 2.73. The summed E-state index contributed by atoms with van der Waals surface area (Å²) in [6.45, 7) is 2.29. The second-order valence-electron chi connectivity index (χ2n) is 4.23. The number of primary amides is 1. The van der Waals surface area contributed by atoms with E-state index in [0.717, 1.165) is 6.42 Å². The molecule has 1 amide bonds. The summed E-state index contributed by atoms with van der Waals surface area (Å²) < 4.78 is 26.9. The standard InChI is InChI=1S/C13H18F2N2O/c1-9(17-8-3-2-7-12(16)18)13-10(14)5-4-6-11(13)15/h4-6,9,17H,2-3,7-8H2,1H3,(H2,16,18). The molecule has 0 bridgehead atoms. The predicted molar refractivity (Wildman–Crippen MR) is 65.8 cm³/mol. The number of nitrogens with one attached hydrogen (secondary N) is 1. The van der Waals surface area contributed by atoms with Crippen LogP contribution in [-0.4, -0.2) is 12.5 Å². The van der Waals surface area contributed by atoms with Crippen LogP contribution < -0.4 is 11.1 Å². The van der Waals surface area contributed by atoms with Crippen molar-refractivity contribution in [2.24, 2.45) is 5.73 Å². The van der Waals surface area contributed by atoms with E-state index in [1.54, 1.807) is 6.92 Å². The normalized spacial score (nSPS) is 12.4. The summed E-state index contributed by atoms with van der Waals surface area (Å²) in [6, 6.07) is 3.42. The van der Waals surface area contributed by atoms with Crippen molar-refractivity contribution in [1.29, 1.82) is 0 Å². The van der Waals surface area contributed by atoms with E-state index in [4.69, 9.17) is 5.73 Å². The van der Waals surface area contributed by atoms with Gasteiger partial charge in [-0.05, 0) is 38.4 Å². The van der Waals surface area contributed by atoms with E-state index >= 15 is 0 Å². The van der Waals surface area contributed by atoms with Crippen molar-refractivity contribution in [3.63, 3.8) is 0 Å². The summed E-state index contributed by atoms with van der Waals surface area (Å²) in [5.74, 6) is -1.43. The van der Waals surface area contributed by atoms with Gasteiger partial charge >= 0.3 is 0 Å². The average Bonchev–Trinajstić information content (AvgIpc) is 2.27.